The topological polar surface area (TPSA) is 75.5 Å². The van der Waals surface area contributed by atoms with Gasteiger partial charge in [0.2, 0.25) is 0 Å². The highest BCUT2D eigenvalue weighted by Gasteiger charge is 2.38. The number of likely N-dealkylation sites (tertiary alicyclic amines) is 1. The summed E-state index contributed by atoms with van der Waals surface area (Å²) in [5, 5.41) is 15.0. The Morgan fingerprint density at radius 3 is 2.61 bits per heavy atom. The number of hydrogen-bond acceptors (Lipinski definition) is 5. The molecule has 0 radical (unpaired) electrons. The normalized spacial score (nSPS) is 22.9. The molecule has 23 heavy (non-hydrogen) atoms. The van der Waals surface area contributed by atoms with Crippen LogP contribution >= 0.6 is 23.7 Å². The van der Waals surface area contributed by atoms with E-state index in [1.165, 1.54) is 23.5 Å². The first-order chi connectivity index (χ1) is 10.6. The summed E-state index contributed by atoms with van der Waals surface area (Å²) in [5.41, 5.74) is 0.0612. The predicted octanol–water partition coefficient (Wildman–Crippen LogP) is 2.52. The maximum atomic E-state index is 12.6. The number of fused-ring (bicyclic) bond motifs is 2. The molecule has 0 saturated carbocycles. The third kappa shape index (κ3) is 2.80. The maximum absolute atomic E-state index is 12.6. The Balaban J connectivity index is 0.00000156. The summed E-state index contributed by atoms with van der Waals surface area (Å²) in [7, 11) is 0. The van der Waals surface area contributed by atoms with E-state index in [1.54, 1.807) is 12.1 Å². The summed E-state index contributed by atoms with van der Waals surface area (Å²) in [4.78, 5) is 25.7. The second-order valence-corrected chi connectivity index (χ2v) is 7.06. The molecule has 3 heterocycles. The number of benzene rings is 1. The van der Waals surface area contributed by atoms with Gasteiger partial charge in [0.1, 0.15) is 0 Å². The Kier molecular flexibility index (Phi) is 4.27. The van der Waals surface area contributed by atoms with Gasteiger partial charge in [0.25, 0.3) is 11.6 Å². The maximum Gasteiger partial charge on any atom is 0.270 e. The van der Waals surface area contributed by atoms with Crippen molar-refractivity contribution in [1.29, 1.82) is 0 Å². The van der Waals surface area contributed by atoms with Crippen LogP contribution in [0.3, 0.4) is 0 Å². The van der Waals surface area contributed by atoms with Gasteiger partial charge < -0.3 is 10.2 Å². The monoisotopic (exact) mass is 353 g/mol. The van der Waals surface area contributed by atoms with Crippen LogP contribution in [0.2, 0.25) is 0 Å². The Morgan fingerprint density at radius 2 is 1.96 bits per heavy atom. The van der Waals surface area contributed by atoms with Crippen LogP contribution in [0.5, 0.6) is 0 Å². The van der Waals surface area contributed by atoms with Crippen molar-refractivity contribution in [2.45, 2.75) is 0 Å². The first kappa shape index (κ1) is 16.2. The van der Waals surface area contributed by atoms with Gasteiger partial charge in [-0.05, 0) is 24.0 Å². The smallest absolute Gasteiger partial charge is 0.270 e. The summed E-state index contributed by atoms with van der Waals surface area (Å²) in [6.07, 6.45) is 0. The number of nitrogens with zero attached hydrogens (tertiary/aromatic N) is 2. The SMILES string of the molecule is Cl.O=C(c1cc2cc([N+](=O)[O-])ccc2s1)N1C[C@H]2CNC[C@H]2C1. The van der Waals surface area contributed by atoms with E-state index in [2.05, 4.69) is 5.32 Å². The molecule has 0 unspecified atom stereocenters. The highest BCUT2D eigenvalue weighted by molar-refractivity contribution is 7.20. The Labute approximate surface area is 143 Å². The molecule has 2 aromatic rings. The van der Waals surface area contributed by atoms with Crippen LogP contribution in [-0.2, 0) is 0 Å². The number of rotatable bonds is 2. The zero-order valence-corrected chi connectivity index (χ0v) is 13.9. The molecule has 2 saturated heterocycles. The van der Waals surface area contributed by atoms with Crippen molar-refractivity contribution in [2.75, 3.05) is 26.2 Å². The fraction of sp³-hybridized carbons (Fsp3) is 0.400. The number of carbonyl (C=O) groups excluding carboxylic acids is 1. The van der Waals surface area contributed by atoms with Crippen LogP contribution in [0, 0.1) is 22.0 Å². The average Bonchev–Trinajstić information content (AvgIpc) is 3.18. The van der Waals surface area contributed by atoms with Crippen LogP contribution in [0.25, 0.3) is 10.1 Å². The molecule has 0 bridgehead atoms. The molecule has 0 spiro atoms. The van der Waals surface area contributed by atoms with Gasteiger partial charge >= 0.3 is 0 Å². The van der Waals surface area contributed by atoms with Crippen LogP contribution in [0.4, 0.5) is 5.69 Å². The number of carbonyl (C=O) groups is 1. The number of nitrogens with one attached hydrogen (secondary N) is 1. The summed E-state index contributed by atoms with van der Waals surface area (Å²) < 4.78 is 0.912. The number of non-ortho nitro benzene ring substituents is 1. The lowest BCUT2D eigenvalue weighted by Crippen LogP contribution is -2.31. The van der Waals surface area contributed by atoms with E-state index < -0.39 is 4.92 Å². The van der Waals surface area contributed by atoms with Crippen molar-refractivity contribution in [3.63, 3.8) is 0 Å². The predicted molar refractivity (Wildman–Crippen MR) is 91.5 cm³/mol. The van der Waals surface area contributed by atoms with E-state index in [0.717, 1.165) is 36.3 Å². The number of nitro groups is 1. The van der Waals surface area contributed by atoms with Gasteiger partial charge in [-0.15, -0.1) is 23.7 Å². The van der Waals surface area contributed by atoms with E-state index >= 15 is 0 Å². The third-order valence-electron chi connectivity index (χ3n) is 4.60. The minimum absolute atomic E-state index is 0. The minimum Gasteiger partial charge on any atom is -0.337 e. The quantitative estimate of drug-likeness (QED) is 0.665. The molecule has 2 aliphatic rings. The van der Waals surface area contributed by atoms with Gasteiger partial charge in [-0.25, -0.2) is 0 Å². The van der Waals surface area contributed by atoms with Gasteiger partial charge in [-0.1, -0.05) is 0 Å². The molecule has 2 atom stereocenters. The fourth-order valence-electron chi connectivity index (χ4n) is 3.43. The van der Waals surface area contributed by atoms with Crippen molar-refractivity contribution in [2.24, 2.45) is 11.8 Å². The highest BCUT2D eigenvalue weighted by atomic mass is 35.5. The molecule has 2 aliphatic heterocycles. The summed E-state index contributed by atoms with van der Waals surface area (Å²) in [6, 6.07) is 6.52. The van der Waals surface area contributed by atoms with Crippen molar-refractivity contribution in [3.8, 4) is 0 Å². The molecule has 2 fully saturated rings. The summed E-state index contributed by atoms with van der Waals surface area (Å²) in [6.45, 7) is 3.61. The first-order valence-electron chi connectivity index (χ1n) is 7.30. The van der Waals surface area contributed by atoms with Gasteiger partial charge in [0.15, 0.2) is 0 Å². The lowest BCUT2D eigenvalue weighted by atomic mass is 10.0. The second-order valence-electron chi connectivity index (χ2n) is 5.98. The van der Waals surface area contributed by atoms with Gasteiger partial charge in [-0.3, -0.25) is 14.9 Å². The molecule has 1 aromatic heterocycles. The van der Waals surface area contributed by atoms with Crippen LogP contribution in [0.15, 0.2) is 24.3 Å². The van der Waals surface area contributed by atoms with Crippen molar-refractivity contribution >= 4 is 45.4 Å². The van der Waals surface area contributed by atoms with E-state index in [-0.39, 0.29) is 24.0 Å². The van der Waals surface area contributed by atoms with Crippen molar-refractivity contribution in [1.82, 2.24) is 10.2 Å². The number of thiophene rings is 1. The molecule has 8 heteroatoms. The third-order valence-corrected chi connectivity index (χ3v) is 5.70. The van der Waals surface area contributed by atoms with Gasteiger partial charge in [-0.2, -0.15) is 0 Å². The van der Waals surface area contributed by atoms with Crippen LogP contribution < -0.4 is 5.32 Å². The Hall–Kier alpha value is -1.70. The average molecular weight is 354 g/mol. The summed E-state index contributed by atoms with van der Waals surface area (Å²) in [5.74, 6) is 1.19. The van der Waals surface area contributed by atoms with Gasteiger partial charge in [0, 0.05) is 48.4 Å². The van der Waals surface area contributed by atoms with E-state index in [9.17, 15) is 14.9 Å². The van der Waals surface area contributed by atoms with E-state index in [1.807, 2.05) is 4.90 Å². The lowest BCUT2D eigenvalue weighted by molar-refractivity contribution is -0.384. The minimum atomic E-state index is -0.409. The lowest BCUT2D eigenvalue weighted by Gasteiger charge is -2.16. The number of nitro benzene ring substituents is 1. The fourth-order valence-corrected chi connectivity index (χ4v) is 4.44. The zero-order chi connectivity index (χ0) is 15.3. The van der Waals surface area contributed by atoms with Crippen LogP contribution in [-0.4, -0.2) is 41.9 Å². The molecule has 1 amide bonds. The molecular weight excluding hydrogens is 338 g/mol. The van der Waals surface area contributed by atoms with E-state index in [4.69, 9.17) is 0 Å². The second kappa shape index (κ2) is 6.07. The summed E-state index contributed by atoms with van der Waals surface area (Å²) >= 11 is 1.41. The zero-order valence-electron chi connectivity index (χ0n) is 12.2. The molecule has 1 aromatic carbocycles. The molecule has 122 valence electrons. The standard InChI is InChI=1S/C15H15N3O3S.ClH/c19-15(17-7-10-5-16-6-11(10)8-17)14-4-9-3-12(18(20)21)1-2-13(9)22-14;/h1-4,10-11,16H,5-8H2;1H/t10-,11+;. The van der Waals surface area contributed by atoms with Gasteiger partial charge in [0.05, 0.1) is 9.80 Å². The molecule has 1 N–H and O–H groups in total. The number of amides is 1. The molecule has 0 aliphatic carbocycles. The number of hydrogen-bond donors (Lipinski definition) is 1. The largest absolute Gasteiger partial charge is 0.337 e. The molecular formula is C15H16ClN3O3S. The molecule has 4 rings (SSSR count). The van der Waals surface area contributed by atoms with Crippen LogP contribution in [0.1, 0.15) is 9.67 Å². The molecule has 6 nitrogen and oxygen atoms in total. The van der Waals surface area contributed by atoms with Crippen molar-refractivity contribution < 1.29 is 9.72 Å². The Bertz CT molecular complexity index is 766. The number of halogens is 1. The first-order valence-corrected chi connectivity index (χ1v) is 8.11. The highest BCUT2D eigenvalue weighted by Crippen LogP contribution is 2.32. The van der Waals surface area contributed by atoms with E-state index in [0.29, 0.717) is 16.7 Å². The Morgan fingerprint density at radius 1 is 1.26 bits per heavy atom. The van der Waals surface area contributed by atoms with Crippen molar-refractivity contribution in [3.05, 3.63) is 39.3 Å².